The molecule has 2 nitrogen and oxygen atoms in total. The van der Waals surface area contributed by atoms with Gasteiger partial charge >= 0.3 is 0 Å². The third-order valence-electron chi connectivity index (χ3n) is 1.65. The number of carbonyl (C=O) groups excluding carboxylic acids is 1. The Labute approximate surface area is 84.4 Å². The zero-order chi connectivity index (χ0) is 10.7. The fourth-order valence-corrected chi connectivity index (χ4v) is 1.15. The lowest BCUT2D eigenvalue weighted by molar-refractivity contribution is 0.102. The van der Waals surface area contributed by atoms with E-state index in [9.17, 15) is 13.6 Å². The first-order valence-corrected chi connectivity index (χ1v) is 4.25. The molecule has 0 radical (unpaired) electrons. The number of benzene rings is 1. The van der Waals surface area contributed by atoms with Crippen molar-refractivity contribution in [1.29, 1.82) is 0 Å². The van der Waals surface area contributed by atoms with E-state index in [0.717, 1.165) is 19.2 Å². The molecule has 0 fully saturated rings. The van der Waals surface area contributed by atoms with Crippen LogP contribution in [0.5, 0.6) is 5.75 Å². The molecular weight excluding hydrogens is 214 g/mol. The Morgan fingerprint density at radius 2 is 1.93 bits per heavy atom. The summed E-state index contributed by atoms with van der Waals surface area (Å²) in [5.74, 6) is -3.18. The first-order chi connectivity index (χ1) is 6.60. The Morgan fingerprint density at radius 1 is 1.43 bits per heavy atom. The van der Waals surface area contributed by atoms with Crippen LogP contribution in [0.25, 0.3) is 0 Å². The molecule has 0 aromatic heterocycles. The van der Waals surface area contributed by atoms with Gasteiger partial charge in [-0.25, -0.2) is 8.78 Å². The van der Waals surface area contributed by atoms with Gasteiger partial charge in [0.2, 0.25) is 0 Å². The van der Waals surface area contributed by atoms with Crippen molar-refractivity contribution >= 4 is 17.4 Å². The molecule has 76 valence electrons. The summed E-state index contributed by atoms with van der Waals surface area (Å²) < 4.78 is 30.5. The second kappa shape index (κ2) is 4.37. The molecule has 0 aliphatic carbocycles. The molecule has 0 aliphatic rings. The summed E-state index contributed by atoms with van der Waals surface area (Å²) >= 11 is 5.24. The van der Waals surface area contributed by atoms with Crippen molar-refractivity contribution in [3.8, 4) is 5.75 Å². The number of alkyl halides is 1. The van der Waals surface area contributed by atoms with E-state index in [0.29, 0.717) is 0 Å². The van der Waals surface area contributed by atoms with Gasteiger partial charge < -0.3 is 4.74 Å². The summed E-state index contributed by atoms with van der Waals surface area (Å²) in [5.41, 5.74) is -0.101. The standard InChI is InChI=1S/C9H7ClF2O2/c1-14-9-6(11)2-5(3-7(9)12)8(13)4-10/h2-3H,4H2,1H3. The van der Waals surface area contributed by atoms with Crippen molar-refractivity contribution in [3.63, 3.8) is 0 Å². The SMILES string of the molecule is COc1c(F)cc(C(=O)CCl)cc1F. The number of rotatable bonds is 3. The number of ether oxygens (including phenoxy) is 1. The number of hydrogen-bond donors (Lipinski definition) is 0. The zero-order valence-electron chi connectivity index (χ0n) is 7.31. The van der Waals surface area contributed by atoms with E-state index in [1.165, 1.54) is 0 Å². The van der Waals surface area contributed by atoms with Crippen molar-refractivity contribution in [2.45, 2.75) is 0 Å². The third kappa shape index (κ3) is 2.01. The second-order valence-corrected chi connectivity index (χ2v) is 2.80. The number of carbonyl (C=O) groups is 1. The highest BCUT2D eigenvalue weighted by atomic mass is 35.5. The van der Waals surface area contributed by atoms with Gasteiger partial charge in [-0.3, -0.25) is 4.79 Å². The molecule has 0 N–H and O–H groups in total. The molecule has 1 aromatic rings. The second-order valence-electron chi connectivity index (χ2n) is 2.53. The van der Waals surface area contributed by atoms with Crippen LogP contribution in [0.3, 0.4) is 0 Å². The van der Waals surface area contributed by atoms with E-state index in [-0.39, 0.29) is 11.4 Å². The lowest BCUT2D eigenvalue weighted by Gasteiger charge is -2.04. The molecular formula is C9H7ClF2O2. The lowest BCUT2D eigenvalue weighted by atomic mass is 10.1. The molecule has 0 unspecified atom stereocenters. The number of hydrogen-bond acceptors (Lipinski definition) is 2. The van der Waals surface area contributed by atoms with Crippen molar-refractivity contribution in [2.24, 2.45) is 0 Å². The van der Waals surface area contributed by atoms with Crippen molar-refractivity contribution in [2.75, 3.05) is 13.0 Å². The van der Waals surface area contributed by atoms with E-state index in [1.807, 2.05) is 0 Å². The van der Waals surface area contributed by atoms with Gasteiger partial charge in [0.25, 0.3) is 0 Å². The molecule has 0 aliphatic heterocycles. The Morgan fingerprint density at radius 3 is 2.29 bits per heavy atom. The Hall–Kier alpha value is -1.16. The number of ketones is 1. The van der Waals surface area contributed by atoms with E-state index in [2.05, 4.69) is 4.74 Å². The smallest absolute Gasteiger partial charge is 0.190 e. The Balaban J connectivity index is 3.20. The molecule has 0 spiro atoms. The number of Topliss-reactive ketones (excluding diaryl/α,β-unsaturated/α-hetero) is 1. The topological polar surface area (TPSA) is 26.3 Å². The highest BCUT2D eigenvalue weighted by Gasteiger charge is 2.14. The van der Waals surface area contributed by atoms with Crippen LogP contribution in [0, 0.1) is 11.6 Å². The van der Waals surface area contributed by atoms with Crippen LogP contribution >= 0.6 is 11.6 Å². The molecule has 0 atom stereocenters. The van der Waals surface area contributed by atoms with Gasteiger partial charge in [0, 0.05) is 5.56 Å². The van der Waals surface area contributed by atoms with E-state index >= 15 is 0 Å². The molecule has 1 aromatic carbocycles. The van der Waals surface area contributed by atoms with Gasteiger partial charge in [0.1, 0.15) is 0 Å². The van der Waals surface area contributed by atoms with Crippen LogP contribution in [0.15, 0.2) is 12.1 Å². The quantitative estimate of drug-likeness (QED) is 0.578. The first kappa shape index (κ1) is 10.9. The molecule has 14 heavy (non-hydrogen) atoms. The highest BCUT2D eigenvalue weighted by molar-refractivity contribution is 6.30. The highest BCUT2D eigenvalue weighted by Crippen LogP contribution is 2.23. The fraction of sp³-hybridized carbons (Fsp3) is 0.222. The van der Waals surface area contributed by atoms with Crippen LogP contribution in [0.2, 0.25) is 0 Å². The minimum absolute atomic E-state index is 0.101. The van der Waals surface area contributed by atoms with Gasteiger partial charge in [0.05, 0.1) is 13.0 Å². The van der Waals surface area contributed by atoms with Crippen molar-refractivity contribution < 1.29 is 18.3 Å². The molecule has 0 saturated heterocycles. The third-order valence-corrected chi connectivity index (χ3v) is 1.89. The van der Waals surface area contributed by atoms with Crippen LogP contribution in [-0.2, 0) is 0 Å². The minimum Gasteiger partial charge on any atom is -0.491 e. The molecule has 0 heterocycles. The van der Waals surface area contributed by atoms with Crippen molar-refractivity contribution in [1.82, 2.24) is 0 Å². The lowest BCUT2D eigenvalue weighted by Crippen LogP contribution is -2.03. The average molecular weight is 221 g/mol. The van der Waals surface area contributed by atoms with Crippen LogP contribution in [0.1, 0.15) is 10.4 Å². The predicted octanol–water partition coefficient (Wildman–Crippen LogP) is 2.39. The predicted molar refractivity (Wildman–Crippen MR) is 48.0 cm³/mol. The largest absolute Gasteiger partial charge is 0.491 e. The van der Waals surface area contributed by atoms with Crippen LogP contribution < -0.4 is 4.74 Å². The van der Waals surface area contributed by atoms with Gasteiger partial charge in [-0.2, -0.15) is 0 Å². The van der Waals surface area contributed by atoms with E-state index in [1.54, 1.807) is 0 Å². The summed E-state index contributed by atoms with van der Waals surface area (Å²) in [7, 11) is 1.14. The van der Waals surface area contributed by atoms with Gasteiger partial charge in [0.15, 0.2) is 23.2 Å². The number of methoxy groups -OCH3 is 1. The van der Waals surface area contributed by atoms with E-state index < -0.39 is 23.2 Å². The molecule has 1 rings (SSSR count). The molecule has 0 bridgehead atoms. The Kier molecular flexibility index (Phi) is 3.41. The maximum Gasteiger partial charge on any atom is 0.190 e. The fourth-order valence-electron chi connectivity index (χ4n) is 0.993. The summed E-state index contributed by atoms with van der Waals surface area (Å²) in [6.45, 7) is 0. The summed E-state index contributed by atoms with van der Waals surface area (Å²) in [6, 6.07) is 1.79. The van der Waals surface area contributed by atoms with E-state index in [4.69, 9.17) is 11.6 Å². The van der Waals surface area contributed by atoms with Gasteiger partial charge in [-0.15, -0.1) is 11.6 Å². The first-order valence-electron chi connectivity index (χ1n) is 3.72. The van der Waals surface area contributed by atoms with Crippen LogP contribution in [-0.4, -0.2) is 18.8 Å². The molecule has 5 heteroatoms. The summed E-state index contributed by atoms with van der Waals surface area (Å²) in [4.78, 5) is 11.0. The van der Waals surface area contributed by atoms with Gasteiger partial charge in [-0.05, 0) is 12.1 Å². The van der Waals surface area contributed by atoms with Crippen LogP contribution in [0.4, 0.5) is 8.78 Å². The normalized spacial score (nSPS) is 10.0. The minimum atomic E-state index is -0.916. The monoisotopic (exact) mass is 220 g/mol. The summed E-state index contributed by atoms with van der Waals surface area (Å²) in [5, 5.41) is 0. The van der Waals surface area contributed by atoms with Gasteiger partial charge in [-0.1, -0.05) is 0 Å². The average Bonchev–Trinajstić information content (AvgIpc) is 2.16. The molecule has 0 saturated carbocycles. The summed E-state index contributed by atoms with van der Waals surface area (Å²) in [6.07, 6.45) is 0. The maximum atomic E-state index is 13.0. The number of halogens is 3. The molecule has 0 amide bonds. The maximum absolute atomic E-state index is 13.0. The van der Waals surface area contributed by atoms with Crippen molar-refractivity contribution in [3.05, 3.63) is 29.3 Å². The Bertz CT molecular complexity index is 343. The zero-order valence-corrected chi connectivity index (χ0v) is 8.07.